The third-order valence-electron chi connectivity index (χ3n) is 2.62. The fourth-order valence-corrected chi connectivity index (χ4v) is 1.83. The molecule has 86 valence electrons. The fraction of sp³-hybridized carbons (Fsp3) is 0.750. The van der Waals surface area contributed by atoms with Crippen LogP contribution in [0.1, 0.15) is 32.4 Å². The van der Waals surface area contributed by atoms with Gasteiger partial charge in [0.15, 0.2) is 0 Å². The highest BCUT2D eigenvalue weighted by molar-refractivity contribution is 4.97. The zero-order valence-corrected chi connectivity index (χ0v) is 10.2. The summed E-state index contributed by atoms with van der Waals surface area (Å²) in [5, 5.41) is 3.14. The van der Waals surface area contributed by atoms with Gasteiger partial charge in [0, 0.05) is 25.7 Å². The van der Waals surface area contributed by atoms with E-state index in [0.29, 0.717) is 0 Å². The number of imidazole rings is 1. The van der Waals surface area contributed by atoms with Crippen LogP contribution in [0.3, 0.4) is 0 Å². The van der Waals surface area contributed by atoms with Crippen molar-refractivity contribution < 1.29 is 0 Å². The van der Waals surface area contributed by atoms with Crippen molar-refractivity contribution in [1.82, 2.24) is 14.9 Å². The normalized spacial score (nSPS) is 13.0. The first kappa shape index (κ1) is 12.2. The minimum atomic E-state index is 0.751. The average Bonchev–Trinajstić information content (AvgIpc) is 2.63. The molecular formula is C12H23N3. The quantitative estimate of drug-likeness (QED) is 0.745. The Morgan fingerprint density at radius 2 is 2.33 bits per heavy atom. The first-order valence-electron chi connectivity index (χ1n) is 5.91. The second-order valence-electron chi connectivity index (χ2n) is 4.31. The minimum Gasteiger partial charge on any atom is -0.337 e. The summed E-state index contributed by atoms with van der Waals surface area (Å²) in [4.78, 5) is 4.39. The second kappa shape index (κ2) is 6.62. The predicted molar refractivity (Wildman–Crippen MR) is 63.9 cm³/mol. The summed E-state index contributed by atoms with van der Waals surface area (Å²) in [6.07, 6.45) is 7.71. The lowest BCUT2D eigenvalue weighted by Gasteiger charge is -2.09. The van der Waals surface area contributed by atoms with Crippen molar-refractivity contribution in [2.75, 3.05) is 13.6 Å². The summed E-state index contributed by atoms with van der Waals surface area (Å²) in [5.41, 5.74) is 1.19. The lowest BCUT2D eigenvalue weighted by atomic mass is 10.1. The molecular weight excluding hydrogens is 186 g/mol. The molecule has 1 aromatic rings. The molecule has 0 saturated heterocycles. The Labute approximate surface area is 92.9 Å². The van der Waals surface area contributed by atoms with E-state index in [-0.39, 0.29) is 0 Å². The van der Waals surface area contributed by atoms with Crippen LogP contribution >= 0.6 is 0 Å². The molecule has 0 aliphatic rings. The van der Waals surface area contributed by atoms with Gasteiger partial charge in [-0.05, 0) is 19.4 Å². The molecule has 1 unspecified atom stereocenters. The number of nitrogens with one attached hydrogen (secondary N) is 1. The van der Waals surface area contributed by atoms with Crippen molar-refractivity contribution in [3.63, 3.8) is 0 Å². The molecule has 1 rings (SSSR count). The topological polar surface area (TPSA) is 29.9 Å². The highest BCUT2D eigenvalue weighted by atomic mass is 15.0. The van der Waals surface area contributed by atoms with Crippen molar-refractivity contribution >= 4 is 0 Å². The Kier molecular flexibility index (Phi) is 5.40. The first-order valence-corrected chi connectivity index (χ1v) is 5.91. The van der Waals surface area contributed by atoms with Crippen LogP contribution in [-0.2, 0) is 13.0 Å². The van der Waals surface area contributed by atoms with Gasteiger partial charge in [0.25, 0.3) is 0 Å². The molecule has 0 aliphatic carbocycles. The van der Waals surface area contributed by atoms with Gasteiger partial charge < -0.3 is 9.88 Å². The number of hydrogen-bond donors (Lipinski definition) is 1. The van der Waals surface area contributed by atoms with Gasteiger partial charge in [-0.25, -0.2) is 4.98 Å². The van der Waals surface area contributed by atoms with E-state index >= 15 is 0 Å². The van der Waals surface area contributed by atoms with Crippen LogP contribution in [0.5, 0.6) is 0 Å². The van der Waals surface area contributed by atoms with E-state index in [1.54, 1.807) is 0 Å². The van der Waals surface area contributed by atoms with Gasteiger partial charge in [-0.15, -0.1) is 0 Å². The Morgan fingerprint density at radius 3 is 3.00 bits per heavy atom. The van der Waals surface area contributed by atoms with E-state index in [2.05, 4.69) is 34.9 Å². The second-order valence-corrected chi connectivity index (χ2v) is 4.31. The third kappa shape index (κ3) is 4.47. The number of aromatic nitrogens is 2. The monoisotopic (exact) mass is 209 g/mol. The van der Waals surface area contributed by atoms with Crippen LogP contribution in [0.25, 0.3) is 0 Å². The molecule has 0 fully saturated rings. The maximum absolute atomic E-state index is 4.39. The van der Waals surface area contributed by atoms with Gasteiger partial charge in [-0.3, -0.25) is 0 Å². The lowest BCUT2D eigenvalue weighted by molar-refractivity contribution is 0.445. The minimum absolute atomic E-state index is 0.751. The largest absolute Gasteiger partial charge is 0.337 e. The van der Waals surface area contributed by atoms with Gasteiger partial charge in [0.1, 0.15) is 0 Å². The number of hydrogen-bond acceptors (Lipinski definition) is 2. The molecule has 15 heavy (non-hydrogen) atoms. The smallest absolute Gasteiger partial charge is 0.0949 e. The van der Waals surface area contributed by atoms with E-state index in [1.807, 2.05) is 13.4 Å². The van der Waals surface area contributed by atoms with Gasteiger partial charge in [-0.1, -0.05) is 20.3 Å². The highest BCUT2D eigenvalue weighted by Gasteiger charge is 2.03. The van der Waals surface area contributed by atoms with Crippen LogP contribution in [0, 0.1) is 5.92 Å². The van der Waals surface area contributed by atoms with Crippen molar-refractivity contribution in [2.24, 2.45) is 5.92 Å². The molecule has 3 heteroatoms. The first-order chi connectivity index (χ1) is 7.26. The Hall–Kier alpha value is -0.830. The van der Waals surface area contributed by atoms with Crippen LogP contribution in [-0.4, -0.2) is 23.1 Å². The van der Waals surface area contributed by atoms with Crippen LogP contribution in [0.4, 0.5) is 0 Å². The molecule has 0 radical (unpaired) electrons. The van der Waals surface area contributed by atoms with Gasteiger partial charge in [0.05, 0.1) is 12.0 Å². The van der Waals surface area contributed by atoms with E-state index in [1.165, 1.54) is 18.5 Å². The Balaban J connectivity index is 2.38. The van der Waals surface area contributed by atoms with Crippen LogP contribution in [0.15, 0.2) is 12.5 Å². The Morgan fingerprint density at radius 1 is 1.53 bits per heavy atom. The van der Waals surface area contributed by atoms with E-state index in [4.69, 9.17) is 0 Å². The molecule has 1 atom stereocenters. The van der Waals surface area contributed by atoms with Gasteiger partial charge >= 0.3 is 0 Å². The van der Waals surface area contributed by atoms with Crippen LogP contribution < -0.4 is 5.32 Å². The van der Waals surface area contributed by atoms with E-state index < -0.39 is 0 Å². The molecule has 0 spiro atoms. The summed E-state index contributed by atoms with van der Waals surface area (Å²) in [6, 6.07) is 0. The average molecular weight is 209 g/mol. The SMILES string of the molecule is CCCC(C)Cn1cnc(CCNC)c1. The number of rotatable bonds is 7. The van der Waals surface area contributed by atoms with Crippen LogP contribution in [0.2, 0.25) is 0 Å². The molecule has 1 aromatic heterocycles. The molecule has 1 heterocycles. The molecule has 0 aliphatic heterocycles. The summed E-state index contributed by atoms with van der Waals surface area (Å²) in [5.74, 6) is 0.751. The molecule has 0 bridgehead atoms. The zero-order chi connectivity index (χ0) is 11.1. The van der Waals surface area contributed by atoms with Gasteiger partial charge in [-0.2, -0.15) is 0 Å². The number of likely N-dealkylation sites (N-methyl/N-ethyl adjacent to an activating group) is 1. The Bertz CT molecular complexity index is 268. The maximum atomic E-state index is 4.39. The van der Waals surface area contributed by atoms with E-state index in [9.17, 15) is 0 Å². The predicted octanol–water partition coefficient (Wildman–Crippen LogP) is 2.08. The molecule has 0 aromatic carbocycles. The summed E-state index contributed by atoms with van der Waals surface area (Å²) in [7, 11) is 1.97. The summed E-state index contributed by atoms with van der Waals surface area (Å²) < 4.78 is 2.21. The highest BCUT2D eigenvalue weighted by Crippen LogP contribution is 2.08. The molecule has 0 saturated carbocycles. The fourth-order valence-electron chi connectivity index (χ4n) is 1.83. The molecule has 0 amide bonds. The van der Waals surface area contributed by atoms with Crippen molar-refractivity contribution in [1.29, 1.82) is 0 Å². The lowest BCUT2D eigenvalue weighted by Crippen LogP contribution is -2.10. The van der Waals surface area contributed by atoms with E-state index in [0.717, 1.165) is 25.4 Å². The van der Waals surface area contributed by atoms with Crippen molar-refractivity contribution in [2.45, 2.75) is 39.7 Å². The third-order valence-corrected chi connectivity index (χ3v) is 2.62. The summed E-state index contributed by atoms with van der Waals surface area (Å²) in [6.45, 7) is 6.64. The molecule has 3 nitrogen and oxygen atoms in total. The maximum Gasteiger partial charge on any atom is 0.0949 e. The number of nitrogens with zero attached hydrogens (tertiary/aromatic N) is 2. The van der Waals surface area contributed by atoms with Crippen molar-refractivity contribution in [3.8, 4) is 0 Å². The standard InChI is InChI=1S/C12H23N3/c1-4-5-11(2)8-15-9-12(14-10-15)6-7-13-3/h9-11,13H,4-8H2,1-3H3. The zero-order valence-electron chi connectivity index (χ0n) is 10.2. The summed E-state index contributed by atoms with van der Waals surface area (Å²) >= 11 is 0. The van der Waals surface area contributed by atoms with Crippen molar-refractivity contribution in [3.05, 3.63) is 18.2 Å². The molecule has 1 N–H and O–H groups in total. The van der Waals surface area contributed by atoms with Gasteiger partial charge in [0.2, 0.25) is 0 Å².